The van der Waals surface area contributed by atoms with Crippen molar-refractivity contribution in [3.05, 3.63) is 83.2 Å². The third-order valence-electron chi connectivity index (χ3n) is 5.01. The number of aryl methyl sites for hydroxylation is 1. The van der Waals surface area contributed by atoms with Gasteiger partial charge in [0.1, 0.15) is 17.4 Å². The Labute approximate surface area is 188 Å². The summed E-state index contributed by atoms with van der Waals surface area (Å²) in [6, 6.07) is 12.0. The molecule has 10 heteroatoms. The first-order chi connectivity index (χ1) is 15.8. The van der Waals surface area contributed by atoms with Gasteiger partial charge >= 0.3 is 6.03 Å². The zero-order valence-corrected chi connectivity index (χ0v) is 18.1. The number of amides is 2. The maximum absolute atomic E-state index is 13.6. The van der Waals surface area contributed by atoms with Crippen LogP contribution >= 0.6 is 0 Å². The molecule has 2 aromatic heterocycles. The fourth-order valence-electron chi connectivity index (χ4n) is 3.03. The molecule has 0 radical (unpaired) electrons. The average molecular weight is 450 g/mol. The molecular weight excluding hydrogens is 430 g/mol. The molecule has 0 saturated heterocycles. The van der Waals surface area contributed by atoms with Crippen LogP contribution in [0.2, 0.25) is 0 Å². The van der Waals surface area contributed by atoms with Gasteiger partial charge < -0.3 is 15.4 Å². The van der Waals surface area contributed by atoms with Crippen LogP contribution in [0.4, 0.5) is 25.0 Å². The van der Waals surface area contributed by atoms with E-state index >= 15 is 0 Å². The molecule has 0 unspecified atom stereocenters. The number of carbonyl (C=O) groups excluding carboxylic acids is 1. The summed E-state index contributed by atoms with van der Waals surface area (Å²) in [4.78, 5) is 12.0. The van der Waals surface area contributed by atoms with Gasteiger partial charge in [0.2, 0.25) is 5.88 Å². The lowest BCUT2D eigenvalue weighted by Gasteiger charge is -2.10. The van der Waals surface area contributed by atoms with Crippen LogP contribution in [0, 0.1) is 32.4 Å². The third kappa shape index (κ3) is 4.95. The monoisotopic (exact) mass is 450 g/mol. The minimum absolute atomic E-state index is 0.259. The third-order valence-corrected chi connectivity index (χ3v) is 5.01. The van der Waals surface area contributed by atoms with Crippen LogP contribution in [0.1, 0.15) is 17.0 Å². The van der Waals surface area contributed by atoms with Crippen LogP contribution in [-0.2, 0) is 0 Å². The zero-order valence-electron chi connectivity index (χ0n) is 18.1. The van der Waals surface area contributed by atoms with Gasteiger partial charge in [-0.3, -0.25) is 0 Å². The topological polar surface area (TPSA) is 94.0 Å². The Morgan fingerprint density at radius 2 is 1.70 bits per heavy atom. The summed E-state index contributed by atoms with van der Waals surface area (Å²) in [7, 11) is 0. The van der Waals surface area contributed by atoms with Crippen molar-refractivity contribution in [1.82, 2.24) is 20.0 Å². The van der Waals surface area contributed by atoms with E-state index in [-0.39, 0.29) is 11.6 Å². The van der Waals surface area contributed by atoms with Crippen molar-refractivity contribution in [2.45, 2.75) is 20.8 Å². The highest BCUT2D eigenvalue weighted by molar-refractivity contribution is 5.99. The number of carbonyl (C=O) groups is 1. The fraction of sp³-hybridized carbons (Fsp3) is 0.130. The number of nitrogens with one attached hydrogen (secondary N) is 2. The molecule has 2 aromatic carbocycles. The smallest absolute Gasteiger partial charge is 0.323 e. The quantitative estimate of drug-likeness (QED) is 0.430. The van der Waals surface area contributed by atoms with Gasteiger partial charge in [0.25, 0.3) is 0 Å². The van der Waals surface area contributed by atoms with Gasteiger partial charge in [-0.2, -0.15) is 5.10 Å². The van der Waals surface area contributed by atoms with Crippen LogP contribution in [-0.4, -0.2) is 26.0 Å². The molecule has 0 spiro atoms. The summed E-state index contributed by atoms with van der Waals surface area (Å²) in [5, 5.41) is 17.5. The number of nitrogens with zero attached hydrogens (tertiary/aromatic N) is 4. The van der Waals surface area contributed by atoms with Crippen LogP contribution in [0.15, 0.2) is 54.6 Å². The molecule has 2 N–H and O–H groups in total. The Morgan fingerprint density at radius 3 is 2.33 bits per heavy atom. The van der Waals surface area contributed by atoms with Gasteiger partial charge in [0.15, 0.2) is 5.82 Å². The normalized spacial score (nSPS) is 10.7. The molecule has 0 aliphatic rings. The molecule has 8 nitrogen and oxygen atoms in total. The highest BCUT2D eigenvalue weighted by Crippen LogP contribution is 2.23. The molecule has 0 aliphatic heterocycles. The van der Waals surface area contributed by atoms with Crippen LogP contribution in [0.25, 0.3) is 5.82 Å². The van der Waals surface area contributed by atoms with E-state index in [1.54, 1.807) is 41.1 Å². The van der Waals surface area contributed by atoms with Gasteiger partial charge in [-0.25, -0.2) is 18.3 Å². The standard InChI is InChI=1S/C23H20F2N6O2/c1-13-14(2)30-31(15(13)3)21-10-11-22(29-28-21)33-18-7-5-17(6-8-18)26-23(32)27-20-12-16(24)4-9-19(20)25/h4-12H,1-3H3,(H2,26,27,32). The Morgan fingerprint density at radius 1 is 0.939 bits per heavy atom. The minimum atomic E-state index is -0.740. The van der Waals surface area contributed by atoms with E-state index in [1.807, 2.05) is 20.8 Å². The largest absolute Gasteiger partial charge is 0.438 e. The van der Waals surface area contributed by atoms with Crippen molar-refractivity contribution < 1.29 is 18.3 Å². The number of ether oxygens (including phenoxy) is 1. The SMILES string of the molecule is Cc1nn(-c2ccc(Oc3ccc(NC(=O)Nc4cc(F)ccc4F)cc3)nn2)c(C)c1C. The molecule has 4 aromatic rings. The van der Waals surface area contributed by atoms with Crippen molar-refractivity contribution in [3.63, 3.8) is 0 Å². The average Bonchev–Trinajstić information content (AvgIpc) is 3.05. The Balaban J connectivity index is 1.38. The second kappa shape index (κ2) is 9.03. The summed E-state index contributed by atoms with van der Waals surface area (Å²) >= 11 is 0. The Hall–Kier alpha value is -4.34. The summed E-state index contributed by atoms with van der Waals surface area (Å²) < 4.78 is 34.3. The molecule has 4 rings (SSSR count). The number of benzene rings is 2. The Kier molecular flexibility index (Phi) is 5.99. The van der Waals surface area contributed by atoms with Gasteiger partial charge in [-0.05, 0) is 68.8 Å². The first-order valence-corrected chi connectivity index (χ1v) is 9.98. The van der Waals surface area contributed by atoms with Crippen molar-refractivity contribution in [3.8, 4) is 17.4 Å². The molecule has 2 heterocycles. The van der Waals surface area contributed by atoms with E-state index in [4.69, 9.17) is 4.74 Å². The molecular formula is C23H20F2N6O2. The van der Waals surface area contributed by atoms with Crippen LogP contribution in [0.3, 0.4) is 0 Å². The highest BCUT2D eigenvalue weighted by Gasteiger charge is 2.11. The van der Waals surface area contributed by atoms with Crippen molar-refractivity contribution in [2.75, 3.05) is 10.6 Å². The highest BCUT2D eigenvalue weighted by atomic mass is 19.1. The predicted octanol–water partition coefficient (Wildman–Crippen LogP) is 5.30. The van der Waals surface area contributed by atoms with E-state index in [2.05, 4.69) is 25.9 Å². The maximum atomic E-state index is 13.6. The Bertz CT molecular complexity index is 1300. The number of urea groups is 1. The number of hydrogen-bond acceptors (Lipinski definition) is 5. The van der Waals surface area contributed by atoms with Gasteiger partial charge in [0.05, 0.1) is 11.4 Å². The summed E-state index contributed by atoms with van der Waals surface area (Å²) in [6.45, 7) is 5.90. The zero-order chi connectivity index (χ0) is 23.5. The lowest BCUT2D eigenvalue weighted by atomic mass is 10.2. The van der Waals surface area contributed by atoms with E-state index in [0.29, 0.717) is 17.3 Å². The van der Waals surface area contributed by atoms with E-state index in [1.165, 1.54) is 0 Å². The summed E-state index contributed by atoms with van der Waals surface area (Å²) in [6.07, 6.45) is 0. The minimum Gasteiger partial charge on any atom is -0.438 e. The van der Waals surface area contributed by atoms with Crippen molar-refractivity contribution >= 4 is 17.4 Å². The lowest BCUT2D eigenvalue weighted by Crippen LogP contribution is -2.20. The molecule has 0 saturated carbocycles. The molecule has 168 valence electrons. The number of halogens is 2. The molecule has 0 aliphatic carbocycles. The number of hydrogen-bond donors (Lipinski definition) is 2. The van der Waals surface area contributed by atoms with E-state index in [0.717, 1.165) is 35.2 Å². The lowest BCUT2D eigenvalue weighted by molar-refractivity contribution is 0.262. The first-order valence-electron chi connectivity index (χ1n) is 9.98. The molecule has 0 bridgehead atoms. The van der Waals surface area contributed by atoms with Gasteiger partial charge in [-0.1, -0.05) is 0 Å². The van der Waals surface area contributed by atoms with Crippen molar-refractivity contribution in [1.29, 1.82) is 0 Å². The van der Waals surface area contributed by atoms with Crippen LogP contribution in [0.5, 0.6) is 11.6 Å². The second-order valence-electron chi connectivity index (χ2n) is 7.27. The predicted molar refractivity (Wildman–Crippen MR) is 119 cm³/mol. The van der Waals surface area contributed by atoms with E-state index in [9.17, 15) is 13.6 Å². The molecule has 0 fully saturated rings. The number of anilines is 2. The van der Waals surface area contributed by atoms with Crippen LogP contribution < -0.4 is 15.4 Å². The van der Waals surface area contributed by atoms with Crippen molar-refractivity contribution in [2.24, 2.45) is 0 Å². The summed E-state index contributed by atoms with van der Waals surface area (Å²) in [5.74, 6) is -0.0562. The number of aromatic nitrogens is 4. The van der Waals surface area contributed by atoms with Gasteiger partial charge in [-0.15, -0.1) is 10.2 Å². The maximum Gasteiger partial charge on any atom is 0.323 e. The van der Waals surface area contributed by atoms with E-state index < -0.39 is 17.7 Å². The fourth-order valence-corrected chi connectivity index (χ4v) is 3.03. The first kappa shape index (κ1) is 21.9. The summed E-state index contributed by atoms with van der Waals surface area (Å²) in [5.41, 5.74) is 3.18. The molecule has 33 heavy (non-hydrogen) atoms. The van der Waals surface area contributed by atoms with Gasteiger partial charge in [0, 0.05) is 23.5 Å². The molecule has 2 amide bonds. The molecule has 0 atom stereocenters. The number of rotatable bonds is 5. The second-order valence-corrected chi connectivity index (χ2v) is 7.27.